The molecule has 0 bridgehead atoms. The van der Waals surface area contributed by atoms with Gasteiger partial charge in [-0.25, -0.2) is 0 Å². The molecule has 5 heteroatoms. The van der Waals surface area contributed by atoms with E-state index in [1.165, 1.54) is 0 Å². The third-order valence-electron chi connectivity index (χ3n) is 2.79. The summed E-state index contributed by atoms with van der Waals surface area (Å²) in [7, 11) is 3.50. The molecule has 1 rings (SSSR count). The molecule has 0 aliphatic rings. The number of benzene rings is 1. The lowest BCUT2D eigenvalue weighted by Crippen LogP contribution is -2.41. The molecular weight excluding hydrogens is 242 g/mol. The average Bonchev–Trinajstić information content (AvgIpc) is 2.38. The summed E-state index contributed by atoms with van der Waals surface area (Å²) >= 11 is 0. The Bertz CT molecular complexity index is 409. The van der Waals surface area contributed by atoms with Crippen molar-refractivity contribution in [2.75, 3.05) is 32.2 Å². The van der Waals surface area contributed by atoms with E-state index in [4.69, 9.17) is 10.5 Å². The first-order valence-electron chi connectivity index (χ1n) is 6.35. The maximum Gasteiger partial charge on any atom is 0.239 e. The zero-order chi connectivity index (χ0) is 14.3. The van der Waals surface area contributed by atoms with E-state index in [-0.39, 0.29) is 11.9 Å². The number of likely N-dealkylation sites (N-methyl/N-ethyl adjacent to an activating group) is 1. The predicted molar refractivity (Wildman–Crippen MR) is 77.1 cm³/mol. The van der Waals surface area contributed by atoms with E-state index in [2.05, 4.69) is 5.32 Å². The van der Waals surface area contributed by atoms with Crippen LogP contribution in [0.15, 0.2) is 24.3 Å². The van der Waals surface area contributed by atoms with Crippen molar-refractivity contribution in [3.05, 3.63) is 29.8 Å². The van der Waals surface area contributed by atoms with Gasteiger partial charge in [-0.2, -0.15) is 0 Å². The Kier molecular flexibility index (Phi) is 6.32. The van der Waals surface area contributed by atoms with Crippen molar-refractivity contribution in [1.82, 2.24) is 5.32 Å². The summed E-state index contributed by atoms with van der Waals surface area (Å²) in [5, 5.41) is 2.88. The summed E-state index contributed by atoms with van der Waals surface area (Å²) in [4.78, 5) is 13.7. The van der Waals surface area contributed by atoms with Gasteiger partial charge in [-0.1, -0.05) is 12.1 Å². The molecule has 1 amide bonds. The lowest BCUT2D eigenvalue weighted by molar-refractivity contribution is -0.120. The molecule has 3 N–H and O–H groups in total. The minimum Gasteiger partial charge on any atom is -0.383 e. The third-order valence-corrected chi connectivity index (χ3v) is 2.79. The van der Waals surface area contributed by atoms with Gasteiger partial charge in [-0.05, 0) is 24.6 Å². The summed E-state index contributed by atoms with van der Waals surface area (Å²) in [5.41, 5.74) is 7.64. The Hall–Kier alpha value is -1.59. The van der Waals surface area contributed by atoms with Crippen LogP contribution in [0.3, 0.4) is 0 Å². The molecule has 0 aliphatic carbocycles. The number of hydrogen-bond acceptors (Lipinski definition) is 4. The number of nitrogens with two attached hydrogens (primary N) is 1. The van der Waals surface area contributed by atoms with Crippen molar-refractivity contribution in [3.63, 3.8) is 0 Å². The lowest BCUT2D eigenvalue weighted by atomic mass is 10.2. The first kappa shape index (κ1) is 15.5. The molecular formula is C14H23N3O2. The van der Waals surface area contributed by atoms with Crippen molar-refractivity contribution < 1.29 is 9.53 Å². The van der Waals surface area contributed by atoms with E-state index in [0.29, 0.717) is 19.7 Å². The highest BCUT2D eigenvalue weighted by molar-refractivity contribution is 5.81. The van der Waals surface area contributed by atoms with Crippen LogP contribution in [-0.4, -0.2) is 39.3 Å². The van der Waals surface area contributed by atoms with Gasteiger partial charge in [0.25, 0.3) is 0 Å². The summed E-state index contributed by atoms with van der Waals surface area (Å²) in [6.45, 7) is 3.23. The summed E-state index contributed by atoms with van der Waals surface area (Å²) in [6.07, 6.45) is 0. The minimum absolute atomic E-state index is 0.0151. The number of methoxy groups -OCH3 is 1. The van der Waals surface area contributed by atoms with Gasteiger partial charge in [-0.15, -0.1) is 0 Å². The number of amides is 1. The monoisotopic (exact) mass is 265 g/mol. The normalized spacial score (nSPS) is 12.0. The van der Waals surface area contributed by atoms with Gasteiger partial charge in [0, 0.05) is 32.4 Å². The van der Waals surface area contributed by atoms with Crippen LogP contribution in [0.1, 0.15) is 12.5 Å². The smallest absolute Gasteiger partial charge is 0.239 e. The van der Waals surface area contributed by atoms with Crippen molar-refractivity contribution in [1.29, 1.82) is 0 Å². The van der Waals surface area contributed by atoms with E-state index in [1.54, 1.807) is 7.11 Å². The summed E-state index contributed by atoms with van der Waals surface area (Å²) in [5.74, 6) is -0.0230. The van der Waals surface area contributed by atoms with Crippen LogP contribution in [0.5, 0.6) is 0 Å². The topological polar surface area (TPSA) is 67.6 Å². The van der Waals surface area contributed by atoms with Crippen molar-refractivity contribution >= 4 is 11.6 Å². The van der Waals surface area contributed by atoms with Gasteiger partial charge < -0.3 is 20.7 Å². The van der Waals surface area contributed by atoms with Gasteiger partial charge in [-0.3, -0.25) is 4.79 Å². The van der Waals surface area contributed by atoms with Gasteiger partial charge >= 0.3 is 0 Å². The second-order valence-electron chi connectivity index (χ2n) is 4.65. The molecule has 0 saturated carbocycles. The van der Waals surface area contributed by atoms with Gasteiger partial charge in [0.1, 0.15) is 0 Å². The number of carbonyl (C=O) groups is 1. The Balaban J connectivity index is 2.53. The fourth-order valence-electron chi connectivity index (χ4n) is 1.84. The highest BCUT2D eigenvalue weighted by atomic mass is 16.5. The molecule has 1 aromatic rings. The van der Waals surface area contributed by atoms with E-state index >= 15 is 0 Å². The van der Waals surface area contributed by atoms with Crippen LogP contribution in [0.4, 0.5) is 5.69 Å². The number of carbonyl (C=O) groups excluding carboxylic acids is 1. The Morgan fingerprint density at radius 3 is 2.89 bits per heavy atom. The molecule has 19 heavy (non-hydrogen) atoms. The van der Waals surface area contributed by atoms with Crippen LogP contribution in [0.25, 0.3) is 0 Å². The zero-order valence-electron chi connectivity index (χ0n) is 11.8. The molecule has 106 valence electrons. The van der Waals surface area contributed by atoms with Gasteiger partial charge in [0.05, 0.1) is 13.2 Å². The summed E-state index contributed by atoms with van der Waals surface area (Å²) in [6, 6.07) is 7.88. The number of nitrogens with zero attached hydrogens (tertiary/aromatic N) is 1. The SMILES string of the molecule is COCC(C)NC(=O)CN(C)c1cccc(CN)c1. The van der Waals surface area contributed by atoms with Crippen LogP contribution >= 0.6 is 0 Å². The molecule has 0 radical (unpaired) electrons. The fourth-order valence-corrected chi connectivity index (χ4v) is 1.84. The molecule has 5 nitrogen and oxygen atoms in total. The fraction of sp³-hybridized carbons (Fsp3) is 0.500. The van der Waals surface area contributed by atoms with Gasteiger partial charge in [0.2, 0.25) is 5.91 Å². The first-order chi connectivity index (χ1) is 9.06. The number of rotatable bonds is 7. The Labute approximate surface area is 114 Å². The van der Waals surface area contributed by atoms with Crippen LogP contribution in [-0.2, 0) is 16.1 Å². The minimum atomic E-state index is -0.0230. The standard InChI is InChI=1S/C14H23N3O2/c1-11(10-19-3)16-14(18)9-17(2)13-6-4-5-12(7-13)8-15/h4-7,11H,8-10,15H2,1-3H3,(H,16,18). The molecule has 0 aromatic heterocycles. The zero-order valence-corrected chi connectivity index (χ0v) is 11.8. The van der Waals surface area contributed by atoms with E-state index in [1.807, 2.05) is 43.1 Å². The van der Waals surface area contributed by atoms with Crippen molar-refractivity contribution in [2.24, 2.45) is 5.73 Å². The number of hydrogen-bond donors (Lipinski definition) is 2. The molecule has 0 spiro atoms. The van der Waals surface area contributed by atoms with E-state index in [0.717, 1.165) is 11.3 Å². The predicted octanol–water partition coefficient (Wildman–Crippen LogP) is 0.733. The second-order valence-corrected chi connectivity index (χ2v) is 4.65. The van der Waals surface area contributed by atoms with Crippen LogP contribution in [0.2, 0.25) is 0 Å². The maximum absolute atomic E-state index is 11.8. The molecule has 1 atom stereocenters. The Morgan fingerprint density at radius 1 is 1.53 bits per heavy atom. The van der Waals surface area contributed by atoms with Crippen molar-refractivity contribution in [3.8, 4) is 0 Å². The highest BCUT2D eigenvalue weighted by Crippen LogP contribution is 2.14. The quantitative estimate of drug-likeness (QED) is 0.763. The summed E-state index contributed by atoms with van der Waals surface area (Å²) < 4.78 is 4.98. The van der Waals surface area contributed by atoms with Crippen LogP contribution < -0.4 is 16.0 Å². The van der Waals surface area contributed by atoms with Crippen LogP contribution in [0, 0.1) is 0 Å². The van der Waals surface area contributed by atoms with E-state index < -0.39 is 0 Å². The lowest BCUT2D eigenvalue weighted by Gasteiger charge is -2.21. The largest absolute Gasteiger partial charge is 0.383 e. The Morgan fingerprint density at radius 2 is 2.26 bits per heavy atom. The number of anilines is 1. The number of ether oxygens (including phenoxy) is 1. The van der Waals surface area contributed by atoms with Crippen molar-refractivity contribution in [2.45, 2.75) is 19.5 Å². The molecule has 0 aliphatic heterocycles. The van der Waals surface area contributed by atoms with E-state index in [9.17, 15) is 4.79 Å². The molecule has 1 unspecified atom stereocenters. The maximum atomic E-state index is 11.8. The molecule has 0 fully saturated rings. The third kappa shape index (κ3) is 5.28. The molecule has 0 saturated heterocycles. The highest BCUT2D eigenvalue weighted by Gasteiger charge is 2.10. The molecule has 0 heterocycles. The van der Waals surface area contributed by atoms with Gasteiger partial charge in [0.15, 0.2) is 0 Å². The number of nitrogens with one attached hydrogen (secondary N) is 1. The average molecular weight is 265 g/mol. The molecule has 1 aromatic carbocycles. The second kappa shape index (κ2) is 7.76. The first-order valence-corrected chi connectivity index (χ1v) is 6.35.